The zero-order valence-corrected chi connectivity index (χ0v) is 30.9. The highest BCUT2D eigenvalue weighted by Gasteiger charge is 2.37. The first-order valence-electron chi connectivity index (χ1n) is 18.4. The molecule has 2 aliphatic heterocycles. The number of hydroxylamine groups is 1. The van der Waals surface area contributed by atoms with Crippen LogP contribution < -0.4 is 16.1 Å². The predicted molar refractivity (Wildman–Crippen MR) is 194 cm³/mol. The molecule has 0 radical (unpaired) electrons. The molecule has 2 saturated heterocycles. The Hall–Kier alpha value is -3.17. The number of thiocarbonyl (C=S) groups is 1. The third-order valence-corrected chi connectivity index (χ3v) is 11.9. The fourth-order valence-electron chi connectivity index (χ4n) is 7.23. The summed E-state index contributed by atoms with van der Waals surface area (Å²) >= 11 is 6.27. The Balaban J connectivity index is 0.000000209. The minimum Gasteiger partial charge on any atom is -0.299 e. The first kappa shape index (κ1) is 42.2. The zero-order chi connectivity index (χ0) is 37.3. The normalized spacial score (nSPS) is 22.2. The summed E-state index contributed by atoms with van der Waals surface area (Å²) in [6.07, 6.45) is 18.3. The standard InChI is InChI=1S/C14H19NO2S2.C12H16N2O4.C10H17NO3/c15-12-13(17)11(19-14(12)18)8-4-7-10(16)9-5-2-1-3-6-9;15-9(7-4-2-1-3-5-7)6-8-10(16)13-12(18)14-11(8)17;12-9(6-7-10(13)11-14)8-4-2-1-3-5-8/h9,11,15H,1-8H2;7-8H,1-6H2,(H2,13,14,16,17,18);8,14H,1-7H2,(H,11,13). The van der Waals surface area contributed by atoms with Crippen molar-refractivity contribution in [1.29, 1.82) is 5.41 Å². The Morgan fingerprint density at radius 1 is 0.706 bits per heavy atom. The summed E-state index contributed by atoms with van der Waals surface area (Å²) in [6.45, 7) is 0. The van der Waals surface area contributed by atoms with Crippen LogP contribution >= 0.6 is 24.0 Å². The lowest BCUT2D eigenvalue weighted by Gasteiger charge is -2.24. The Morgan fingerprint density at radius 3 is 1.59 bits per heavy atom. The van der Waals surface area contributed by atoms with Crippen LogP contribution in [0.5, 0.6) is 0 Å². The van der Waals surface area contributed by atoms with Gasteiger partial charge in [0, 0.05) is 43.4 Å². The van der Waals surface area contributed by atoms with Crippen LogP contribution in [-0.2, 0) is 33.6 Å². The molecule has 5 rings (SSSR count). The topological polar surface area (TPSA) is 217 Å². The van der Waals surface area contributed by atoms with E-state index in [0.29, 0.717) is 22.8 Å². The molecule has 3 saturated carbocycles. The lowest BCUT2D eigenvalue weighted by Crippen LogP contribution is -2.56. The van der Waals surface area contributed by atoms with E-state index in [9.17, 15) is 38.4 Å². The van der Waals surface area contributed by atoms with E-state index in [-0.39, 0.29) is 65.3 Å². The Kier molecular flexibility index (Phi) is 18.2. The van der Waals surface area contributed by atoms with Gasteiger partial charge in [0.25, 0.3) is 0 Å². The molecule has 0 aromatic heterocycles. The van der Waals surface area contributed by atoms with Crippen LogP contribution in [0.4, 0.5) is 4.79 Å². The van der Waals surface area contributed by atoms with E-state index in [1.165, 1.54) is 42.9 Å². The third-order valence-electron chi connectivity index (χ3n) is 10.3. The molecule has 5 amide bonds. The van der Waals surface area contributed by atoms with Gasteiger partial charge < -0.3 is 0 Å². The molecule has 13 nitrogen and oxygen atoms in total. The molecule has 0 spiro atoms. The Morgan fingerprint density at radius 2 is 1.16 bits per heavy atom. The van der Waals surface area contributed by atoms with E-state index in [2.05, 4.69) is 0 Å². The minimum atomic E-state index is -1.06. The number of rotatable bonds is 12. The quantitative estimate of drug-likeness (QED) is 0.0750. The van der Waals surface area contributed by atoms with Gasteiger partial charge in [0.2, 0.25) is 17.7 Å². The molecule has 0 aromatic rings. The summed E-state index contributed by atoms with van der Waals surface area (Å²) in [4.78, 5) is 91.8. The smallest absolute Gasteiger partial charge is 0.299 e. The van der Waals surface area contributed by atoms with Crippen molar-refractivity contribution < 1.29 is 43.6 Å². The Labute approximate surface area is 308 Å². The number of imide groups is 2. The van der Waals surface area contributed by atoms with Gasteiger partial charge in [-0.1, -0.05) is 70.0 Å². The van der Waals surface area contributed by atoms with Crippen LogP contribution in [0.1, 0.15) is 135 Å². The van der Waals surface area contributed by atoms with E-state index in [0.717, 1.165) is 77.0 Å². The number of hydrogen-bond donors (Lipinski definition) is 5. The van der Waals surface area contributed by atoms with Crippen molar-refractivity contribution in [2.75, 3.05) is 0 Å². The van der Waals surface area contributed by atoms with Crippen LogP contribution in [0.15, 0.2) is 0 Å². The second-order valence-electron chi connectivity index (χ2n) is 14.0. The molecule has 282 valence electrons. The monoisotopic (exact) mass is 748 g/mol. The first-order valence-corrected chi connectivity index (χ1v) is 19.7. The molecule has 2 heterocycles. The van der Waals surface area contributed by atoms with Gasteiger partial charge in [-0.15, -0.1) is 11.8 Å². The number of hydrogen-bond acceptors (Lipinski definition) is 12. The van der Waals surface area contributed by atoms with E-state index in [1.807, 2.05) is 10.6 Å². The van der Waals surface area contributed by atoms with E-state index in [1.54, 1.807) is 0 Å². The van der Waals surface area contributed by atoms with Crippen LogP contribution in [-0.4, -0.2) is 67.3 Å². The number of urea groups is 1. The van der Waals surface area contributed by atoms with Gasteiger partial charge in [0.1, 0.15) is 29.0 Å². The van der Waals surface area contributed by atoms with Crippen molar-refractivity contribution in [3.8, 4) is 0 Å². The van der Waals surface area contributed by atoms with Crippen LogP contribution in [0.25, 0.3) is 0 Å². The number of barbiturate groups is 1. The summed E-state index contributed by atoms with van der Waals surface area (Å²) in [5, 5.41) is 19.5. The van der Waals surface area contributed by atoms with E-state index < -0.39 is 29.7 Å². The number of carbonyl (C=O) groups excluding carboxylic acids is 8. The molecule has 1 unspecified atom stereocenters. The van der Waals surface area contributed by atoms with Crippen molar-refractivity contribution in [2.45, 2.75) is 140 Å². The minimum absolute atomic E-state index is 0.0105. The van der Waals surface area contributed by atoms with Gasteiger partial charge in [0.15, 0.2) is 5.78 Å². The number of carbonyl (C=O) groups is 8. The molecule has 51 heavy (non-hydrogen) atoms. The molecule has 0 aromatic carbocycles. The van der Waals surface area contributed by atoms with Crippen LogP contribution in [0.2, 0.25) is 0 Å². The molecule has 15 heteroatoms. The molecule has 5 fully saturated rings. The maximum Gasteiger partial charge on any atom is 0.328 e. The van der Waals surface area contributed by atoms with Gasteiger partial charge in [-0.05, 0) is 51.4 Å². The largest absolute Gasteiger partial charge is 0.328 e. The van der Waals surface area contributed by atoms with Crippen molar-refractivity contribution >= 4 is 80.8 Å². The van der Waals surface area contributed by atoms with Crippen molar-refractivity contribution in [2.24, 2.45) is 23.7 Å². The molecule has 5 aliphatic rings. The fraction of sp³-hybridized carbons (Fsp3) is 0.722. The van der Waals surface area contributed by atoms with E-state index >= 15 is 0 Å². The third kappa shape index (κ3) is 14.1. The predicted octanol–water partition coefficient (Wildman–Crippen LogP) is 5.27. The van der Waals surface area contributed by atoms with Gasteiger partial charge in [-0.3, -0.25) is 54.8 Å². The highest BCUT2D eigenvalue weighted by molar-refractivity contribution is 8.27. The molecule has 5 N–H and O–H groups in total. The highest BCUT2D eigenvalue weighted by Crippen LogP contribution is 2.31. The van der Waals surface area contributed by atoms with Crippen LogP contribution in [0.3, 0.4) is 0 Å². The Bertz CT molecular complexity index is 1320. The summed E-state index contributed by atoms with van der Waals surface area (Å²) in [6, 6.07) is -0.814. The SMILES string of the molecule is N=C1C(=O)C(CCCC(=O)C2CCCCC2)SC1=S.O=C(CCC(=O)C1CCCCC1)NO.O=C1NC(=O)C(CC(=O)C2CCCCC2)C(=O)N1. The van der Waals surface area contributed by atoms with E-state index in [4.69, 9.17) is 22.8 Å². The first-order chi connectivity index (χ1) is 24.4. The molecule has 1 atom stereocenters. The summed E-state index contributed by atoms with van der Waals surface area (Å²) in [5.74, 6) is -2.14. The summed E-state index contributed by atoms with van der Waals surface area (Å²) in [7, 11) is 0. The van der Waals surface area contributed by atoms with Gasteiger partial charge >= 0.3 is 6.03 Å². The average Bonchev–Trinajstić information content (AvgIpc) is 3.39. The average molecular weight is 749 g/mol. The molecule has 3 aliphatic carbocycles. The number of thioether (sulfide) groups is 1. The zero-order valence-electron chi connectivity index (χ0n) is 29.3. The summed E-state index contributed by atoms with van der Waals surface area (Å²) in [5.41, 5.74) is 1.52. The van der Waals surface area contributed by atoms with Gasteiger partial charge in [-0.2, -0.15) is 0 Å². The summed E-state index contributed by atoms with van der Waals surface area (Å²) < 4.78 is 0.411. The maximum atomic E-state index is 12.0. The highest BCUT2D eigenvalue weighted by atomic mass is 32.2. The lowest BCUT2D eigenvalue weighted by molar-refractivity contribution is -0.140. The number of amides is 5. The number of Topliss-reactive ketones (excluding diaryl/α,β-unsaturated/α-hetero) is 4. The fourth-order valence-corrected chi connectivity index (χ4v) is 8.67. The molecule has 0 bridgehead atoms. The van der Waals surface area contributed by atoms with Gasteiger partial charge in [-0.25, -0.2) is 10.3 Å². The molecular formula is C36H52N4O9S2. The van der Waals surface area contributed by atoms with Crippen molar-refractivity contribution in [1.82, 2.24) is 16.1 Å². The second kappa shape index (κ2) is 22.0. The number of ketones is 4. The lowest BCUT2D eigenvalue weighted by atomic mass is 9.82. The van der Waals surface area contributed by atoms with Crippen molar-refractivity contribution in [3.63, 3.8) is 0 Å². The second-order valence-corrected chi connectivity index (χ2v) is 15.9. The van der Waals surface area contributed by atoms with Crippen LogP contribution in [0, 0.1) is 29.1 Å². The maximum absolute atomic E-state index is 12.0. The van der Waals surface area contributed by atoms with Crippen molar-refractivity contribution in [3.05, 3.63) is 0 Å². The van der Waals surface area contributed by atoms with Gasteiger partial charge in [0.05, 0.1) is 9.45 Å². The molecular weight excluding hydrogens is 697 g/mol. The number of nitrogens with one attached hydrogen (secondary N) is 4.